The molecule has 8 heteroatoms. The molecule has 0 saturated carbocycles. The lowest BCUT2D eigenvalue weighted by Crippen LogP contribution is -2.46. The van der Waals surface area contributed by atoms with Crippen LogP contribution >= 0.6 is 11.6 Å². The van der Waals surface area contributed by atoms with Gasteiger partial charge in [-0.15, -0.1) is 0 Å². The van der Waals surface area contributed by atoms with Crippen LogP contribution in [-0.4, -0.2) is 41.0 Å². The van der Waals surface area contributed by atoms with Crippen LogP contribution in [0.3, 0.4) is 0 Å². The molecule has 1 aliphatic rings. The zero-order chi connectivity index (χ0) is 19.5. The fraction of sp³-hybridized carbons (Fsp3) is 0.250. The lowest BCUT2D eigenvalue weighted by Gasteiger charge is -2.35. The smallest absolute Gasteiger partial charge is 0.269 e. The van der Waals surface area contributed by atoms with Crippen molar-refractivity contribution >= 4 is 23.0 Å². The third kappa shape index (κ3) is 4.16. The number of nitro groups is 1. The number of aromatic nitrogens is 1. The van der Waals surface area contributed by atoms with E-state index in [-0.39, 0.29) is 10.6 Å². The second kappa shape index (κ2) is 8.00. The van der Waals surface area contributed by atoms with Crippen LogP contribution in [0, 0.1) is 10.1 Å². The summed E-state index contributed by atoms with van der Waals surface area (Å²) < 4.78 is 5.89. The van der Waals surface area contributed by atoms with Gasteiger partial charge in [-0.2, -0.15) is 0 Å². The summed E-state index contributed by atoms with van der Waals surface area (Å²) in [5.41, 5.74) is 2.07. The maximum absolute atomic E-state index is 10.8. The van der Waals surface area contributed by atoms with E-state index in [4.69, 9.17) is 16.0 Å². The van der Waals surface area contributed by atoms with Crippen LogP contribution < -0.4 is 4.90 Å². The minimum atomic E-state index is -0.379. The Morgan fingerprint density at radius 2 is 1.71 bits per heavy atom. The summed E-state index contributed by atoms with van der Waals surface area (Å²) >= 11 is 5.92. The van der Waals surface area contributed by atoms with Crippen LogP contribution in [0.15, 0.2) is 59.1 Å². The second-order valence-electron chi connectivity index (χ2n) is 6.66. The zero-order valence-corrected chi connectivity index (χ0v) is 15.9. The summed E-state index contributed by atoms with van der Waals surface area (Å²) in [5, 5.41) is 11.5. The molecule has 4 rings (SSSR count). The number of halogens is 1. The van der Waals surface area contributed by atoms with Gasteiger partial charge < -0.3 is 9.32 Å². The van der Waals surface area contributed by atoms with E-state index in [1.54, 1.807) is 30.5 Å². The number of oxazole rings is 1. The Hall–Kier alpha value is -2.90. The standard InChI is InChI=1S/C20H19ClN4O3/c21-16-3-1-15(2-4-16)19-13-22-20(28-19)14-23-9-11-24(12-10-23)17-5-7-18(8-6-17)25(26)27/h1-8,13H,9-12,14H2. The Morgan fingerprint density at radius 1 is 1.04 bits per heavy atom. The van der Waals surface area contributed by atoms with E-state index in [0.717, 1.165) is 43.2 Å². The fourth-order valence-corrected chi connectivity index (χ4v) is 3.40. The number of hydrogen-bond donors (Lipinski definition) is 0. The number of nitro benzene ring substituents is 1. The molecule has 0 bridgehead atoms. The van der Waals surface area contributed by atoms with Gasteiger partial charge in [-0.3, -0.25) is 15.0 Å². The van der Waals surface area contributed by atoms with Crippen molar-refractivity contribution in [2.45, 2.75) is 6.54 Å². The average molecular weight is 399 g/mol. The maximum Gasteiger partial charge on any atom is 0.269 e. The number of piperazine rings is 1. The van der Waals surface area contributed by atoms with Crippen LogP contribution in [-0.2, 0) is 6.54 Å². The summed E-state index contributed by atoms with van der Waals surface area (Å²) in [6.07, 6.45) is 1.74. The van der Waals surface area contributed by atoms with Gasteiger partial charge in [-0.1, -0.05) is 11.6 Å². The number of benzene rings is 2. The molecular formula is C20H19ClN4O3. The van der Waals surface area contributed by atoms with Gasteiger partial charge in [0, 0.05) is 54.6 Å². The molecular weight excluding hydrogens is 380 g/mol. The molecule has 144 valence electrons. The molecule has 7 nitrogen and oxygen atoms in total. The van der Waals surface area contributed by atoms with Gasteiger partial charge in [0.05, 0.1) is 17.7 Å². The minimum absolute atomic E-state index is 0.114. The summed E-state index contributed by atoms with van der Waals surface area (Å²) in [7, 11) is 0. The molecule has 0 amide bonds. The third-order valence-electron chi connectivity index (χ3n) is 4.84. The first kappa shape index (κ1) is 18.5. The van der Waals surface area contributed by atoms with Gasteiger partial charge >= 0.3 is 0 Å². The van der Waals surface area contributed by atoms with Crippen molar-refractivity contribution in [1.29, 1.82) is 0 Å². The highest BCUT2D eigenvalue weighted by atomic mass is 35.5. The van der Waals surface area contributed by atoms with Crippen LogP contribution in [0.2, 0.25) is 5.02 Å². The van der Waals surface area contributed by atoms with Gasteiger partial charge in [0.1, 0.15) is 0 Å². The van der Waals surface area contributed by atoms with E-state index < -0.39 is 0 Å². The molecule has 28 heavy (non-hydrogen) atoms. The number of nitrogens with zero attached hydrogens (tertiary/aromatic N) is 4. The highest BCUT2D eigenvalue weighted by Crippen LogP contribution is 2.24. The SMILES string of the molecule is O=[N+]([O-])c1ccc(N2CCN(Cc3ncc(-c4ccc(Cl)cc4)o3)CC2)cc1. The molecule has 1 aliphatic heterocycles. The molecule has 0 spiro atoms. The zero-order valence-electron chi connectivity index (χ0n) is 15.1. The Balaban J connectivity index is 1.33. The molecule has 0 unspecified atom stereocenters. The quantitative estimate of drug-likeness (QED) is 0.473. The summed E-state index contributed by atoms with van der Waals surface area (Å²) in [6, 6.07) is 14.2. The summed E-state index contributed by atoms with van der Waals surface area (Å²) in [4.78, 5) is 19.3. The van der Waals surface area contributed by atoms with Gasteiger partial charge in [0.25, 0.3) is 5.69 Å². The molecule has 0 atom stereocenters. The van der Waals surface area contributed by atoms with Crippen molar-refractivity contribution in [3.63, 3.8) is 0 Å². The second-order valence-corrected chi connectivity index (χ2v) is 7.10. The highest BCUT2D eigenvalue weighted by molar-refractivity contribution is 6.30. The largest absolute Gasteiger partial charge is 0.439 e. The van der Waals surface area contributed by atoms with Crippen LogP contribution in [0.1, 0.15) is 5.89 Å². The van der Waals surface area contributed by atoms with Crippen LogP contribution in [0.5, 0.6) is 0 Å². The molecule has 0 radical (unpaired) electrons. The van der Waals surface area contributed by atoms with E-state index in [0.29, 0.717) is 17.5 Å². The maximum atomic E-state index is 10.8. The predicted octanol–water partition coefficient (Wildman–Crippen LogP) is 4.23. The lowest BCUT2D eigenvalue weighted by atomic mass is 10.2. The van der Waals surface area contributed by atoms with Gasteiger partial charge in [-0.05, 0) is 36.4 Å². The fourth-order valence-electron chi connectivity index (χ4n) is 3.27. The molecule has 3 aromatic rings. The van der Waals surface area contributed by atoms with Crippen molar-refractivity contribution in [2.24, 2.45) is 0 Å². The first-order chi connectivity index (χ1) is 13.6. The topological polar surface area (TPSA) is 75.7 Å². The molecule has 1 fully saturated rings. The molecule has 2 aromatic carbocycles. The number of non-ortho nitro benzene ring substituents is 1. The predicted molar refractivity (Wildman–Crippen MR) is 108 cm³/mol. The number of hydrogen-bond acceptors (Lipinski definition) is 6. The molecule has 0 aliphatic carbocycles. The third-order valence-corrected chi connectivity index (χ3v) is 5.09. The Bertz CT molecular complexity index is 948. The van der Waals surface area contributed by atoms with Crippen LogP contribution in [0.25, 0.3) is 11.3 Å². The van der Waals surface area contributed by atoms with E-state index in [1.165, 1.54) is 0 Å². The van der Waals surface area contributed by atoms with E-state index in [2.05, 4.69) is 14.8 Å². The monoisotopic (exact) mass is 398 g/mol. The van der Waals surface area contributed by atoms with Gasteiger partial charge in [-0.25, -0.2) is 4.98 Å². The normalized spacial score (nSPS) is 15.0. The lowest BCUT2D eigenvalue weighted by molar-refractivity contribution is -0.384. The summed E-state index contributed by atoms with van der Waals surface area (Å²) in [5.74, 6) is 1.42. The van der Waals surface area contributed by atoms with Crippen LogP contribution in [0.4, 0.5) is 11.4 Å². The Kier molecular flexibility index (Phi) is 5.27. The average Bonchev–Trinajstić information content (AvgIpc) is 3.18. The first-order valence-corrected chi connectivity index (χ1v) is 9.39. The highest BCUT2D eigenvalue weighted by Gasteiger charge is 2.19. The number of rotatable bonds is 5. The van der Waals surface area contributed by atoms with E-state index in [9.17, 15) is 10.1 Å². The van der Waals surface area contributed by atoms with Crippen molar-refractivity contribution in [3.05, 3.63) is 75.8 Å². The van der Waals surface area contributed by atoms with Crippen molar-refractivity contribution < 1.29 is 9.34 Å². The molecule has 2 heterocycles. The Morgan fingerprint density at radius 3 is 2.36 bits per heavy atom. The number of anilines is 1. The molecule has 0 N–H and O–H groups in total. The van der Waals surface area contributed by atoms with Gasteiger partial charge in [0.2, 0.25) is 5.89 Å². The van der Waals surface area contributed by atoms with Crippen molar-refractivity contribution in [1.82, 2.24) is 9.88 Å². The molecule has 1 saturated heterocycles. The van der Waals surface area contributed by atoms with Crippen molar-refractivity contribution in [2.75, 3.05) is 31.1 Å². The summed E-state index contributed by atoms with van der Waals surface area (Å²) in [6.45, 7) is 4.10. The van der Waals surface area contributed by atoms with E-state index >= 15 is 0 Å². The van der Waals surface area contributed by atoms with Gasteiger partial charge in [0.15, 0.2) is 5.76 Å². The first-order valence-electron chi connectivity index (χ1n) is 9.01. The van der Waals surface area contributed by atoms with E-state index in [1.807, 2.05) is 24.3 Å². The minimum Gasteiger partial charge on any atom is -0.439 e. The molecule has 1 aromatic heterocycles. The van der Waals surface area contributed by atoms with Crippen molar-refractivity contribution in [3.8, 4) is 11.3 Å². The Labute approximate surface area is 167 Å².